The SMILES string of the molecule is CC1CCCCC1(OCC1CCOC1)C(=O)O. The summed E-state index contributed by atoms with van der Waals surface area (Å²) in [6, 6.07) is 0. The topological polar surface area (TPSA) is 55.8 Å². The van der Waals surface area contributed by atoms with Gasteiger partial charge in [-0.2, -0.15) is 0 Å². The molecule has 1 aliphatic heterocycles. The van der Waals surface area contributed by atoms with Gasteiger partial charge < -0.3 is 14.6 Å². The molecule has 1 N–H and O–H groups in total. The molecule has 4 nitrogen and oxygen atoms in total. The summed E-state index contributed by atoms with van der Waals surface area (Å²) in [6.45, 7) is 4.02. The highest BCUT2D eigenvalue weighted by Gasteiger charge is 2.46. The Balaban J connectivity index is 1.97. The number of aliphatic carboxylic acids is 1. The Morgan fingerprint density at radius 2 is 2.29 bits per heavy atom. The number of hydrogen-bond acceptors (Lipinski definition) is 3. The molecule has 2 fully saturated rings. The second-order valence-electron chi connectivity index (χ2n) is 5.38. The van der Waals surface area contributed by atoms with E-state index in [9.17, 15) is 9.90 Å². The first-order valence-corrected chi connectivity index (χ1v) is 6.60. The van der Waals surface area contributed by atoms with Crippen molar-refractivity contribution in [2.24, 2.45) is 11.8 Å². The molecule has 0 spiro atoms. The highest BCUT2D eigenvalue weighted by Crippen LogP contribution is 2.37. The van der Waals surface area contributed by atoms with Crippen molar-refractivity contribution in [3.05, 3.63) is 0 Å². The first-order chi connectivity index (χ1) is 8.15. The number of carboxylic acids is 1. The lowest BCUT2D eigenvalue weighted by Gasteiger charge is -2.39. The maximum Gasteiger partial charge on any atom is 0.336 e. The highest BCUT2D eigenvalue weighted by molar-refractivity contribution is 5.78. The van der Waals surface area contributed by atoms with Gasteiger partial charge in [-0.25, -0.2) is 4.79 Å². The van der Waals surface area contributed by atoms with Crippen LogP contribution in [-0.4, -0.2) is 36.5 Å². The lowest BCUT2D eigenvalue weighted by Crippen LogP contribution is -2.50. The van der Waals surface area contributed by atoms with Crippen LogP contribution in [0.3, 0.4) is 0 Å². The molecule has 17 heavy (non-hydrogen) atoms. The summed E-state index contributed by atoms with van der Waals surface area (Å²) in [6.07, 6.45) is 4.67. The Hall–Kier alpha value is -0.610. The van der Waals surface area contributed by atoms with Gasteiger partial charge in [-0.05, 0) is 31.6 Å². The van der Waals surface area contributed by atoms with Crippen molar-refractivity contribution < 1.29 is 19.4 Å². The molecule has 0 amide bonds. The summed E-state index contributed by atoms with van der Waals surface area (Å²) in [5.41, 5.74) is -0.944. The van der Waals surface area contributed by atoms with E-state index in [1.165, 1.54) is 0 Å². The average Bonchev–Trinajstić information content (AvgIpc) is 2.81. The molecule has 2 rings (SSSR count). The van der Waals surface area contributed by atoms with Crippen LogP contribution >= 0.6 is 0 Å². The molecular formula is C13H22O4. The molecule has 0 aromatic rings. The molecule has 2 aliphatic rings. The zero-order valence-corrected chi connectivity index (χ0v) is 10.5. The van der Waals surface area contributed by atoms with Gasteiger partial charge >= 0.3 is 5.97 Å². The zero-order chi connectivity index (χ0) is 12.3. The first kappa shape index (κ1) is 12.8. The monoisotopic (exact) mass is 242 g/mol. The number of carbonyl (C=O) groups is 1. The van der Waals surface area contributed by atoms with E-state index in [1.807, 2.05) is 6.92 Å². The fourth-order valence-electron chi connectivity index (χ4n) is 2.89. The summed E-state index contributed by atoms with van der Waals surface area (Å²) in [5.74, 6) is -0.306. The number of rotatable bonds is 4. The van der Waals surface area contributed by atoms with E-state index in [2.05, 4.69) is 0 Å². The minimum Gasteiger partial charge on any atom is -0.479 e. The summed E-state index contributed by atoms with van der Waals surface area (Å²) in [5, 5.41) is 9.48. The van der Waals surface area contributed by atoms with Crippen LogP contribution in [0, 0.1) is 11.8 Å². The van der Waals surface area contributed by atoms with Gasteiger partial charge in [-0.15, -0.1) is 0 Å². The van der Waals surface area contributed by atoms with Gasteiger partial charge in [0.1, 0.15) is 0 Å². The second-order valence-corrected chi connectivity index (χ2v) is 5.38. The molecule has 3 atom stereocenters. The summed E-state index contributed by atoms with van der Waals surface area (Å²) >= 11 is 0. The van der Waals surface area contributed by atoms with E-state index in [0.29, 0.717) is 25.6 Å². The van der Waals surface area contributed by atoms with Crippen molar-refractivity contribution >= 4 is 5.97 Å². The molecule has 4 heteroatoms. The molecule has 0 aromatic carbocycles. The largest absolute Gasteiger partial charge is 0.479 e. The Kier molecular flexibility index (Phi) is 4.05. The lowest BCUT2D eigenvalue weighted by atomic mass is 9.76. The lowest BCUT2D eigenvalue weighted by molar-refractivity contribution is -0.181. The fourth-order valence-corrected chi connectivity index (χ4v) is 2.89. The third kappa shape index (κ3) is 2.63. The minimum absolute atomic E-state index is 0.107. The van der Waals surface area contributed by atoms with Crippen LogP contribution in [0.1, 0.15) is 39.0 Å². The Labute approximate surface area is 102 Å². The summed E-state index contributed by atoms with van der Waals surface area (Å²) in [7, 11) is 0. The third-order valence-electron chi connectivity index (χ3n) is 4.19. The third-order valence-corrected chi connectivity index (χ3v) is 4.19. The summed E-state index contributed by atoms with van der Waals surface area (Å²) in [4.78, 5) is 11.5. The minimum atomic E-state index is -0.944. The summed E-state index contributed by atoms with van der Waals surface area (Å²) < 4.78 is 11.1. The number of hydrogen-bond donors (Lipinski definition) is 1. The second kappa shape index (κ2) is 5.36. The molecular weight excluding hydrogens is 220 g/mol. The van der Waals surface area contributed by atoms with Crippen LogP contribution in [0.5, 0.6) is 0 Å². The van der Waals surface area contributed by atoms with Gasteiger partial charge in [-0.3, -0.25) is 0 Å². The predicted octanol–water partition coefficient (Wildman–Crippen LogP) is 2.07. The molecule has 1 heterocycles. The van der Waals surface area contributed by atoms with Gasteiger partial charge in [0, 0.05) is 12.5 Å². The van der Waals surface area contributed by atoms with Gasteiger partial charge in [0.25, 0.3) is 0 Å². The van der Waals surface area contributed by atoms with Crippen LogP contribution in [0.25, 0.3) is 0 Å². The quantitative estimate of drug-likeness (QED) is 0.820. The molecule has 0 bridgehead atoms. The Morgan fingerprint density at radius 3 is 2.88 bits per heavy atom. The van der Waals surface area contributed by atoms with E-state index in [-0.39, 0.29) is 5.92 Å². The van der Waals surface area contributed by atoms with Crippen molar-refractivity contribution in [2.45, 2.75) is 44.6 Å². The van der Waals surface area contributed by atoms with Crippen molar-refractivity contribution in [1.82, 2.24) is 0 Å². The van der Waals surface area contributed by atoms with E-state index < -0.39 is 11.6 Å². The molecule has 0 radical (unpaired) electrons. The van der Waals surface area contributed by atoms with Gasteiger partial charge in [0.05, 0.1) is 13.2 Å². The first-order valence-electron chi connectivity index (χ1n) is 6.60. The zero-order valence-electron chi connectivity index (χ0n) is 10.5. The molecule has 1 saturated carbocycles. The number of ether oxygens (including phenoxy) is 2. The fraction of sp³-hybridized carbons (Fsp3) is 0.923. The van der Waals surface area contributed by atoms with Crippen LogP contribution in [-0.2, 0) is 14.3 Å². The van der Waals surface area contributed by atoms with Gasteiger partial charge in [0.2, 0.25) is 0 Å². The molecule has 98 valence electrons. The molecule has 0 aromatic heterocycles. The molecule has 1 aliphatic carbocycles. The predicted molar refractivity (Wildman–Crippen MR) is 62.9 cm³/mol. The van der Waals surface area contributed by atoms with Crippen LogP contribution in [0.15, 0.2) is 0 Å². The molecule has 1 saturated heterocycles. The van der Waals surface area contributed by atoms with E-state index >= 15 is 0 Å². The Bertz CT molecular complexity index is 273. The smallest absolute Gasteiger partial charge is 0.336 e. The van der Waals surface area contributed by atoms with E-state index in [0.717, 1.165) is 32.3 Å². The maximum atomic E-state index is 11.5. The van der Waals surface area contributed by atoms with E-state index in [4.69, 9.17) is 9.47 Å². The normalized spacial score (nSPS) is 38.2. The number of carboxylic acid groups (broad SMARTS) is 1. The maximum absolute atomic E-state index is 11.5. The van der Waals surface area contributed by atoms with Gasteiger partial charge in [-0.1, -0.05) is 13.3 Å². The van der Waals surface area contributed by atoms with Crippen LogP contribution in [0.2, 0.25) is 0 Å². The van der Waals surface area contributed by atoms with Crippen LogP contribution < -0.4 is 0 Å². The molecule has 3 unspecified atom stereocenters. The van der Waals surface area contributed by atoms with Crippen molar-refractivity contribution in [3.63, 3.8) is 0 Å². The van der Waals surface area contributed by atoms with Crippen molar-refractivity contribution in [1.29, 1.82) is 0 Å². The standard InChI is InChI=1S/C13H22O4/c1-10-4-2-3-6-13(10,12(14)15)17-9-11-5-7-16-8-11/h10-11H,2-9H2,1H3,(H,14,15). The highest BCUT2D eigenvalue weighted by atomic mass is 16.5. The van der Waals surface area contributed by atoms with Crippen molar-refractivity contribution in [3.8, 4) is 0 Å². The van der Waals surface area contributed by atoms with Crippen molar-refractivity contribution in [2.75, 3.05) is 19.8 Å². The van der Waals surface area contributed by atoms with Crippen LogP contribution in [0.4, 0.5) is 0 Å². The van der Waals surface area contributed by atoms with Gasteiger partial charge in [0.15, 0.2) is 5.60 Å². The Morgan fingerprint density at radius 1 is 1.47 bits per heavy atom. The van der Waals surface area contributed by atoms with E-state index in [1.54, 1.807) is 0 Å². The average molecular weight is 242 g/mol.